The van der Waals surface area contributed by atoms with Crippen LogP contribution < -0.4 is 10.6 Å². The van der Waals surface area contributed by atoms with Gasteiger partial charge in [0.25, 0.3) is 0 Å². The molecule has 0 saturated heterocycles. The third kappa shape index (κ3) is 3.21. The number of nitrogens with two attached hydrogens (primary N) is 1. The molecule has 0 aromatic heterocycles. The van der Waals surface area contributed by atoms with Crippen LogP contribution >= 0.6 is 11.6 Å². The highest BCUT2D eigenvalue weighted by molar-refractivity contribution is 6.30. The van der Waals surface area contributed by atoms with Crippen molar-refractivity contribution in [2.75, 3.05) is 17.7 Å². The molecule has 19 heavy (non-hydrogen) atoms. The van der Waals surface area contributed by atoms with Crippen molar-refractivity contribution < 1.29 is 0 Å². The molecule has 2 aromatic carbocycles. The van der Waals surface area contributed by atoms with Gasteiger partial charge < -0.3 is 10.6 Å². The van der Waals surface area contributed by atoms with Crippen LogP contribution in [0.15, 0.2) is 36.4 Å². The number of hydrogen-bond donors (Lipinski definition) is 1. The highest BCUT2D eigenvalue weighted by atomic mass is 35.5. The van der Waals surface area contributed by atoms with Crippen LogP contribution in [0, 0.1) is 13.8 Å². The van der Waals surface area contributed by atoms with E-state index in [-0.39, 0.29) is 0 Å². The maximum absolute atomic E-state index is 6.00. The molecule has 3 heteroatoms. The van der Waals surface area contributed by atoms with Gasteiger partial charge in [-0.3, -0.25) is 0 Å². The minimum atomic E-state index is 0.676. The van der Waals surface area contributed by atoms with E-state index in [4.69, 9.17) is 17.3 Å². The molecule has 0 saturated carbocycles. The molecule has 2 rings (SSSR count). The van der Waals surface area contributed by atoms with Gasteiger partial charge in [0.05, 0.1) is 0 Å². The SMILES string of the molecule is Cc1ccc(N(C)Cc2ccc(Cl)cc2N)c(C)c1. The van der Waals surface area contributed by atoms with Crippen molar-refractivity contribution in [1.82, 2.24) is 0 Å². The molecule has 0 bridgehead atoms. The molecule has 0 fully saturated rings. The smallest absolute Gasteiger partial charge is 0.0446 e. The van der Waals surface area contributed by atoms with Crippen molar-refractivity contribution in [3.8, 4) is 0 Å². The fourth-order valence-electron chi connectivity index (χ4n) is 2.28. The zero-order chi connectivity index (χ0) is 14.0. The first-order chi connectivity index (χ1) is 8.97. The van der Waals surface area contributed by atoms with Gasteiger partial charge >= 0.3 is 0 Å². The van der Waals surface area contributed by atoms with Crippen molar-refractivity contribution >= 4 is 23.0 Å². The van der Waals surface area contributed by atoms with Crippen LogP contribution in [0.2, 0.25) is 5.02 Å². The quantitative estimate of drug-likeness (QED) is 0.851. The molecule has 0 aliphatic carbocycles. The average Bonchev–Trinajstić information content (AvgIpc) is 2.32. The summed E-state index contributed by atoms with van der Waals surface area (Å²) in [5.74, 6) is 0. The molecular weight excluding hydrogens is 256 g/mol. The van der Waals surface area contributed by atoms with Crippen molar-refractivity contribution in [2.45, 2.75) is 20.4 Å². The van der Waals surface area contributed by atoms with Crippen LogP contribution in [-0.4, -0.2) is 7.05 Å². The Kier molecular flexibility index (Phi) is 4.01. The Morgan fingerprint density at radius 1 is 1.11 bits per heavy atom. The van der Waals surface area contributed by atoms with Crippen LogP contribution in [0.1, 0.15) is 16.7 Å². The Bertz CT molecular complexity index is 593. The molecule has 2 aromatic rings. The number of nitrogens with zero attached hydrogens (tertiary/aromatic N) is 1. The van der Waals surface area contributed by atoms with Gasteiger partial charge in [0.1, 0.15) is 0 Å². The number of anilines is 2. The first-order valence-electron chi connectivity index (χ1n) is 6.29. The number of rotatable bonds is 3. The molecule has 0 radical (unpaired) electrons. The first kappa shape index (κ1) is 13.8. The van der Waals surface area contributed by atoms with E-state index in [0.717, 1.165) is 17.8 Å². The molecular formula is C16H19ClN2. The lowest BCUT2D eigenvalue weighted by Crippen LogP contribution is -2.18. The lowest BCUT2D eigenvalue weighted by Gasteiger charge is -2.22. The topological polar surface area (TPSA) is 29.3 Å². The fourth-order valence-corrected chi connectivity index (χ4v) is 2.46. The molecule has 0 amide bonds. The normalized spacial score (nSPS) is 10.5. The molecule has 0 atom stereocenters. The summed E-state index contributed by atoms with van der Waals surface area (Å²) < 4.78 is 0. The fraction of sp³-hybridized carbons (Fsp3) is 0.250. The first-order valence-corrected chi connectivity index (χ1v) is 6.67. The highest BCUT2D eigenvalue weighted by Gasteiger charge is 2.08. The summed E-state index contributed by atoms with van der Waals surface area (Å²) in [6.45, 7) is 5.00. The second kappa shape index (κ2) is 5.54. The van der Waals surface area contributed by atoms with Crippen molar-refractivity contribution in [1.29, 1.82) is 0 Å². The van der Waals surface area contributed by atoms with Gasteiger partial charge in [0, 0.05) is 30.0 Å². The predicted molar refractivity (Wildman–Crippen MR) is 83.9 cm³/mol. The summed E-state index contributed by atoms with van der Waals surface area (Å²) in [5.41, 5.74) is 11.6. The van der Waals surface area contributed by atoms with Gasteiger partial charge in [-0.1, -0.05) is 35.4 Å². The number of hydrogen-bond acceptors (Lipinski definition) is 2. The Labute approximate surface area is 119 Å². The second-order valence-electron chi connectivity index (χ2n) is 4.99. The van der Waals surface area contributed by atoms with E-state index < -0.39 is 0 Å². The van der Waals surface area contributed by atoms with Gasteiger partial charge in [-0.05, 0) is 43.2 Å². The van der Waals surface area contributed by atoms with Gasteiger partial charge in [-0.15, -0.1) is 0 Å². The van der Waals surface area contributed by atoms with Crippen LogP contribution in [0.25, 0.3) is 0 Å². The highest BCUT2D eigenvalue weighted by Crippen LogP contribution is 2.24. The predicted octanol–water partition coefficient (Wildman–Crippen LogP) is 4.18. The Morgan fingerprint density at radius 3 is 2.47 bits per heavy atom. The third-order valence-corrected chi connectivity index (χ3v) is 3.51. The second-order valence-corrected chi connectivity index (χ2v) is 5.43. The molecule has 0 heterocycles. The van der Waals surface area contributed by atoms with E-state index in [0.29, 0.717) is 5.02 Å². The maximum Gasteiger partial charge on any atom is 0.0446 e. The van der Waals surface area contributed by atoms with E-state index >= 15 is 0 Å². The summed E-state index contributed by atoms with van der Waals surface area (Å²) in [5, 5.41) is 0.676. The molecule has 100 valence electrons. The minimum absolute atomic E-state index is 0.676. The number of benzene rings is 2. The van der Waals surface area contributed by atoms with E-state index in [2.05, 4.69) is 44.0 Å². The molecule has 0 aliphatic heterocycles. The Balaban J connectivity index is 2.23. The number of halogens is 1. The molecule has 2 N–H and O–H groups in total. The Hall–Kier alpha value is -1.67. The van der Waals surface area contributed by atoms with Gasteiger partial charge in [0.2, 0.25) is 0 Å². The minimum Gasteiger partial charge on any atom is -0.398 e. The number of aryl methyl sites for hydroxylation is 2. The largest absolute Gasteiger partial charge is 0.398 e. The zero-order valence-corrected chi connectivity index (χ0v) is 12.3. The van der Waals surface area contributed by atoms with Crippen LogP contribution in [0.4, 0.5) is 11.4 Å². The lowest BCUT2D eigenvalue weighted by molar-refractivity contribution is 0.919. The van der Waals surface area contributed by atoms with Crippen molar-refractivity contribution in [2.24, 2.45) is 0 Å². The van der Waals surface area contributed by atoms with Gasteiger partial charge in [-0.2, -0.15) is 0 Å². The van der Waals surface area contributed by atoms with Crippen LogP contribution in [0.3, 0.4) is 0 Å². The van der Waals surface area contributed by atoms with E-state index in [1.165, 1.54) is 16.8 Å². The summed E-state index contributed by atoms with van der Waals surface area (Å²) >= 11 is 5.92. The van der Waals surface area contributed by atoms with Crippen molar-refractivity contribution in [3.63, 3.8) is 0 Å². The van der Waals surface area contributed by atoms with Crippen molar-refractivity contribution in [3.05, 3.63) is 58.1 Å². The van der Waals surface area contributed by atoms with Gasteiger partial charge in [0.15, 0.2) is 0 Å². The van der Waals surface area contributed by atoms with Crippen LogP contribution in [-0.2, 0) is 6.54 Å². The summed E-state index contributed by atoms with van der Waals surface area (Å²) in [6.07, 6.45) is 0. The summed E-state index contributed by atoms with van der Waals surface area (Å²) in [6, 6.07) is 12.1. The van der Waals surface area contributed by atoms with E-state index in [1.54, 1.807) is 6.07 Å². The number of nitrogen functional groups attached to an aromatic ring is 1. The molecule has 2 nitrogen and oxygen atoms in total. The molecule has 0 unspecified atom stereocenters. The van der Waals surface area contributed by atoms with E-state index in [1.807, 2.05) is 12.1 Å². The third-order valence-electron chi connectivity index (χ3n) is 3.28. The standard InChI is InChI=1S/C16H19ClN2/c1-11-4-7-16(12(2)8-11)19(3)10-13-5-6-14(17)9-15(13)18/h4-9H,10,18H2,1-3H3. The average molecular weight is 275 g/mol. The Morgan fingerprint density at radius 2 is 1.84 bits per heavy atom. The van der Waals surface area contributed by atoms with Crippen LogP contribution in [0.5, 0.6) is 0 Å². The molecule has 0 aliphatic rings. The maximum atomic E-state index is 6.00. The zero-order valence-electron chi connectivity index (χ0n) is 11.6. The monoisotopic (exact) mass is 274 g/mol. The van der Waals surface area contributed by atoms with Gasteiger partial charge in [-0.25, -0.2) is 0 Å². The summed E-state index contributed by atoms with van der Waals surface area (Å²) in [7, 11) is 2.08. The lowest BCUT2D eigenvalue weighted by atomic mass is 10.1. The summed E-state index contributed by atoms with van der Waals surface area (Å²) in [4.78, 5) is 2.20. The molecule has 0 spiro atoms. The van der Waals surface area contributed by atoms with E-state index in [9.17, 15) is 0 Å².